The molecule has 1 fully saturated rings. The van der Waals surface area contributed by atoms with Crippen LogP contribution in [0.1, 0.15) is 53.9 Å². The van der Waals surface area contributed by atoms with E-state index in [9.17, 15) is 14.7 Å². The summed E-state index contributed by atoms with van der Waals surface area (Å²) in [5.41, 5.74) is 5.69. The first-order chi connectivity index (χ1) is 21.0. The van der Waals surface area contributed by atoms with E-state index in [1.807, 2.05) is 72.8 Å². The molecule has 10 heteroatoms. The smallest absolute Gasteiger partial charge is 0.303 e. The SMILES string of the molecule is O=C(O)CCC(=O)NCc1cccc(-c2ccc(C3OC(CSc4ncccn4)CC(c4ccc(CO)cc4)O3)cc2)c1. The van der Waals surface area contributed by atoms with Crippen molar-refractivity contribution >= 4 is 23.6 Å². The minimum absolute atomic E-state index is 0.00936. The molecule has 3 unspecified atom stereocenters. The van der Waals surface area contributed by atoms with E-state index in [0.717, 1.165) is 33.4 Å². The van der Waals surface area contributed by atoms with Gasteiger partial charge in [0, 0.05) is 43.1 Å². The Morgan fingerprint density at radius 2 is 1.60 bits per heavy atom. The topological polar surface area (TPSA) is 131 Å². The fourth-order valence-corrected chi connectivity index (χ4v) is 5.57. The molecule has 0 bridgehead atoms. The summed E-state index contributed by atoms with van der Waals surface area (Å²) in [4.78, 5) is 31.3. The normalized spacial score (nSPS) is 18.2. The van der Waals surface area contributed by atoms with Gasteiger partial charge in [0.05, 0.1) is 25.2 Å². The molecule has 43 heavy (non-hydrogen) atoms. The van der Waals surface area contributed by atoms with Gasteiger partial charge in [0.1, 0.15) is 0 Å². The summed E-state index contributed by atoms with van der Waals surface area (Å²) >= 11 is 1.55. The number of hydrogen-bond donors (Lipinski definition) is 3. The number of aliphatic carboxylic acids is 1. The number of nitrogens with zero attached hydrogens (tertiary/aromatic N) is 2. The number of thioether (sulfide) groups is 1. The number of aromatic nitrogens is 2. The van der Waals surface area contributed by atoms with Crippen molar-refractivity contribution in [3.8, 4) is 11.1 Å². The zero-order chi connectivity index (χ0) is 30.0. The van der Waals surface area contributed by atoms with Gasteiger partial charge in [0.15, 0.2) is 11.4 Å². The quantitative estimate of drug-likeness (QED) is 0.144. The van der Waals surface area contributed by atoms with Crippen molar-refractivity contribution in [2.45, 2.75) is 56.1 Å². The number of carboxylic acids is 1. The lowest BCUT2D eigenvalue weighted by Crippen LogP contribution is -2.31. The lowest BCUT2D eigenvalue weighted by Gasteiger charge is -2.36. The molecule has 3 N–H and O–H groups in total. The fourth-order valence-electron chi connectivity index (χ4n) is 4.75. The minimum atomic E-state index is -0.993. The molecule has 1 aliphatic rings. The number of carbonyl (C=O) groups is 2. The molecule has 1 aliphatic heterocycles. The molecule has 1 saturated heterocycles. The molecule has 222 valence electrons. The van der Waals surface area contributed by atoms with E-state index in [0.29, 0.717) is 23.9 Å². The minimum Gasteiger partial charge on any atom is -0.481 e. The van der Waals surface area contributed by atoms with Crippen molar-refractivity contribution in [1.29, 1.82) is 0 Å². The van der Waals surface area contributed by atoms with Crippen LogP contribution in [-0.2, 0) is 32.2 Å². The molecule has 0 radical (unpaired) electrons. The highest BCUT2D eigenvalue weighted by Gasteiger charge is 2.32. The largest absolute Gasteiger partial charge is 0.481 e. The van der Waals surface area contributed by atoms with Gasteiger partial charge in [0.25, 0.3) is 0 Å². The number of ether oxygens (including phenoxy) is 2. The first-order valence-electron chi connectivity index (χ1n) is 14.0. The lowest BCUT2D eigenvalue weighted by molar-refractivity contribution is -0.245. The van der Waals surface area contributed by atoms with E-state index >= 15 is 0 Å². The van der Waals surface area contributed by atoms with E-state index in [1.165, 1.54) is 0 Å². The Kier molecular flexibility index (Phi) is 10.5. The van der Waals surface area contributed by atoms with Crippen LogP contribution in [0.15, 0.2) is 96.4 Å². The maximum atomic E-state index is 11.9. The van der Waals surface area contributed by atoms with Crippen LogP contribution in [0.4, 0.5) is 0 Å². The van der Waals surface area contributed by atoms with E-state index in [1.54, 1.807) is 30.2 Å². The Morgan fingerprint density at radius 1 is 0.860 bits per heavy atom. The Labute approximate surface area is 254 Å². The average Bonchev–Trinajstić information content (AvgIpc) is 3.06. The van der Waals surface area contributed by atoms with Crippen LogP contribution in [0.25, 0.3) is 11.1 Å². The predicted octanol–water partition coefficient (Wildman–Crippen LogP) is 5.45. The number of benzene rings is 3. The Balaban J connectivity index is 1.28. The molecule has 3 aromatic carbocycles. The standard InChI is InChI=1S/C33H33N3O6S/c37-20-22-5-7-25(8-6-22)29-18-28(21-43-33-34-15-2-16-35-33)41-32(42-29)26-11-9-24(10-12-26)27-4-1-3-23(17-27)19-36-30(38)13-14-31(39)40/h1-12,15-17,28-29,32,37H,13-14,18-21H2,(H,36,38)(H,39,40). The molecule has 4 aromatic rings. The highest BCUT2D eigenvalue weighted by molar-refractivity contribution is 7.99. The number of rotatable bonds is 12. The van der Waals surface area contributed by atoms with Gasteiger partial charge in [-0.1, -0.05) is 78.5 Å². The molecular weight excluding hydrogens is 566 g/mol. The summed E-state index contributed by atoms with van der Waals surface area (Å²) in [5.74, 6) is -0.611. The van der Waals surface area contributed by atoms with Gasteiger partial charge in [-0.3, -0.25) is 9.59 Å². The molecule has 0 aliphatic carbocycles. The van der Waals surface area contributed by atoms with Crippen molar-refractivity contribution in [2.24, 2.45) is 0 Å². The molecule has 1 amide bonds. The van der Waals surface area contributed by atoms with Gasteiger partial charge in [0.2, 0.25) is 5.91 Å². The van der Waals surface area contributed by atoms with Crippen LogP contribution in [-0.4, -0.2) is 43.9 Å². The van der Waals surface area contributed by atoms with Crippen molar-refractivity contribution in [1.82, 2.24) is 15.3 Å². The number of amides is 1. The first-order valence-corrected chi connectivity index (χ1v) is 15.0. The molecular formula is C33H33N3O6S. The molecule has 9 nitrogen and oxygen atoms in total. The highest BCUT2D eigenvalue weighted by Crippen LogP contribution is 2.39. The Morgan fingerprint density at radius 3 is 2.33 bits per heavy atom. The molecule has 1 aromatic heterocycles. The maximum Gasteiger partial charge on any atom is 0.303 e. The predicted molar refractivity (Wildman–Crippen MR) is 162 cm³/mol. The molecule has 0 saturated carbocycles. The van der Waals surface area contributed by atoms with Gasteiger partial charge < -0.3 is 25.0 Å². The van der Waals surface area contributed by atoms with E-state index in [4.69, 9.17) is 14.6 Å². The van der Waals surface area contributed by atoms with Crippen LogP contribution in [0.3, 0.4) is 0 Å². The third-order valence-electron chi connectivity index (χ3n) is 7.05. The maximum absolute atomic E-state index is 11.9. The van der Waals surface area contributed by atoms with Crippen LogP contribution >= 0.6 is 11.8 Å². The molecule has 5 rings (SSSR count). The number of hydrogen-bond acceptors (Lipinski definition) is 8. The number of aliphatic hydroxyl groups excluding tert-OH is 1. The summed E-state index contributed by atoms with van der Waals surface area (Å²) in [6.07, 6.45) is 3.04. The number of carbonyl (C=O) groups excluding carboxylic acids is 1. The second-order valence-electron chi connectivity index (χ2n) is 10.2. The van der Waals surface area contributed by atoms with Gasteiger partial charge in [-0.05, 0) is 39.9 Å². The van der Waals surface area contributed by atoms with Crippen molar-refractivity contribution in [2.75, 3.05) is 5.75 Å². The molecule has 0 spiro atoms. The van der Waals surface area contributed by atoms with Crippen LogP contribution in [0.2, 0.25) is 0 Å². The van der Waals surface area contributed by atoms with Gasteiger partial charge >= 0.3 is 5.97 Å². The summed E-state index contributed by atoms with van der Waals surface area (Å²) in [6, 6.07) is 25.5. The number of aliphatic hydroxyl groups is 1. The zero-order valence-corrected chi connectivity index (χ0v) is 24.3. The fraction of sp³-hybridized carbons (Fsp3) is 0.273. The number of nitrogens with one attached hydrogen (secondary N) is 1. The molecule has 3 atom stereocenters. The highest BCUT2D eigenvalue weighted by atomic mass is 32.2. The van der Waals surface area contributed by atoms with E-state index in [-0.39, 0.29) is 37.6 Å². The van der Waals surface area contributed by atoms with Crippen molar-refractivity contribution < 1.29 is 29.3 Å². The van der Waals surface area contributed by atoms with Gasteiger partial charge in [-0.15, -0.1) is 0 Å². The van der Waals surface area contributed by atoms with Crippen molar-refractivity contribution in [3.63, 3.8) is 0 Å². The molecule has 2 heterocycles. The monoisotopic (exact) mass is 599 g/mol. The summed E-state index contributed by atoms with van der Waals surface area (Å²) in [7, 11) is 0. The van der Waals surface area contributed by atoms with Crippen LogP contribution in [0, 0.1) is 0 Å². The van der Waals surface area contributed by atoms with E-state index < -0.39 is 12.3 Å². The Hall–Kier alpha value is -4.09. The summed E-state index contributed by atoms with van der Waals surface area (Å²) in [6.45, 7) is 0.312. The second kappa shape index (κ2) is 14.9. The summed E-state index contributed by atoms with van der Waals surface area (Å²) in [5, 5.41) is 21.7. The third-order valence-corrected chi connectivity index (χ3v) is 8.06. The third kappa shape index (κ3) is 8.71. The zero-order valence-electron chi connectivity index (χ0n) is 23.5. The van der Waals surface area contributed by atoms with E-state index in [2.05, 4.69) is 15.3 Å². The first kappa shape index (κ1) is 30.4. The van der Waals surface area contributed by atoms with Crippen LogP contribution < -0.4 is 5.32 Å². The van der Waals surface area contributed by atoms with Crippen LogP contribution in [0.5, 0.6) is 0 Å². The van der Waals surface area contributed by atoms with Crippen molar-refractivity contribution in [3.05, 3.63) is 114 Å². The van der Waals surface area contributed by atoms with Gasteiger partial charge in [-0.2, -0.15) is 0 Å². The lowest BCUT2D eigenvalue weighted by atomic mass is 9.99. The summed E-state index contributed by atoms with van der Waals surface area (Å²) < 4.78 is 12.9. The average molecular weight is 600 g/mol. The van der Waals surface area contributed by atoms with Gasteiger partial charge in [-0.25, -0.2) is 9.97 Å². The second-order valence-corrected chi connectivity index (χ2v) is 11.2. The Bertz CT molecular complexity index is 1500. The number of carboxylic acid groups (broad SMARTS) is 1.